The Bertz CT molecular complexity index is 110. The van der Waals surface area contributed by atoms with E-state index in [-0.39, 0.29) is 44.4 Å². The van der Waals surface area contributed by atoms with Gasteiger partial charge in [-0.3, -0.25) is 0 Å². The molecule has 0 saturated heterocycles. The first-order valence-electron chi connectivity index (χ1n) is 1.60. The van der Waals surface area contributed by atoms with Crippen molar-refractivity contribution in [1.82, 2.24) is 0 Å². The van der Waals surface area contributed by atoms with Gasteiger partial charge in [0.05, 0.1) is 0 Å². The SMILES string of the molecule is O.O=P(O)(O)O.[O-][Si]([O-])([O-])[O-].[Zn+2].[Zn+2]. The van der Waals surface area contributed by atoms with E-state index in [0.29, 0.717) is 0 Å². The Labute approximate surface area is 99.6 Å². The summed E-state index contributed by atoms with van der Waals surface area (Å²) in [5.74, 6) is 0. The quantitative estimate of drug-likeness (QED) is 0.285. The molecule has 0 aliphatic heterocycles. The third-order valence-corrected chi connectivity index (χ3v) is 0. The standard InChI is InChI=1S/H3O4P.O4Si.H2O.2Zn/c2*1-5(2,3)4;;;/h(H3,1,2,3,4);;1H2;;/q;-4;;2*+2. The van der Waals surface area contributed by atoms with E-state index in [2.05, 4.69) is 0 Å². The number of hydrogen-bond donors (Lipinski definition) is 3. The van der Waals surface area contributed by atoms with Crippen molar-refractivity contribution in [2.75, 3.05) is 0 Å². The van der Waals surface area contributed by atoms with E-state index in [4.69, 9.17) is 38.4 Å². The predicted octanol–water partition coefficient (Wildman–Crippen LogP) is -6.90. The van der Waals surface area contributed by atoms with Crippen LogP contribution in [0.1, 0.15) is 0 Å². The molecule has 0 fully saturated rings. The number of phosphoric acid groups is 1. The minimum Gasteiger partial charge on any atom is -0.894 e. The van der Waals surface area contributed by atoms with E-state index in [0.717, 1.165) is 0 Å². The van der Waals surface area contributed by atoms with Crippen molar-refractivity contribution in [1.29, 1.82) is 0 Å². The van der Waals surface area contributed by atoms with Crippen LogP contribution in [0, 0.1) is 0 Å². The Kier molecular flexibility index (Phi) is 25.8. The van der Waals surface area contributed by atoms with Gasteiger partial charge in [0.1, 0.15) is 0 Å². The minimum atomic E-state index is -5.61. The van der Waals surface area contributed by atoms with Gasteiger partial charge in [-0.05, 0) is 0 Å². The zero-order chi connectivity index (χ0) is 9.00. The summed E-state index contributed by atoms with van der Waals surface area (Å²) in [6, 6.07) is 0. The van der Waals surface area contributed by atoms with Crippen molar-refractivity contribution in [3.8, 4) is 0 Å². The van der Waals surface area contributed by atoms with Gasteiger partial charge in [0.25, 0.3) is 0 Å². The van der Waals surface area contributed by atoms with E-state index >= 15 is 0 Å². The summed E-state index contributed by atoms with van der Waals surface area (Å²) in [6.07, 6.45) is 0. The molecule has 13 heavy (non-hydrogen) atoms. The second-order valence-electron chi connectivity index (χ2n) is 1.01. The van der Waals surface area contributed by atoms with Crippen LogP contribution in [0.5, 0.6) is 0 Å². The molecular formula is H5O9PSiZn2. The van der Waals surface area contributed by atoms with Gasteiger partial charge >= 0.3 is 46.8 Å². The summed E-state index contributed by atoms with van der Waals surface area (Å²) in [5.41, 5.74) is 0. The van der Waals surface area contributed by atoms with Gasteiger partial charge < -0.3 is 48.4 Å². The summed E-state index contributed by atoms with van der Waals surface area (Å²) in [4.78, 5) is 55.9. The first-order chi connectivity index (χ1) is 4.00. The van der Waals surface area contributed by atoms with Gasteiger partial charge in [0, 0.05) is 0 Å². The molecule has 72 valence electrons. The molecule has 0 aliphatic rings. The van der Waals surface area contributed by atoms with Crippen LogP contribution in [-0.2, 0) is 43.5 Å². The van der Waals surface area contributed by atoms with Gasteiger partial charge in [-0.1, -0.05) is 0 Å². The Morgan fingerprint density at radius 1 is 0.923 bits per heavy atom. The van der Waals surface area contributed by atoms with Crippen LogP contribution in [-0.4, -0.2) is 29.2 Å². The van der Waals surface area contributed by atoms with Crippen molar-refractivity contribution >= 4 is 16.9 Å². The maximum atomic E-state index is 8.88. The molecule has 0 radical (unpaired) electrons. The molecule has 0 aromatic rings. The maximum absolute atomic E-state index is 8.88. The molecule has 0 atom stereocenters. The fourth-order valence-electron chi connectivity index (χ4n) is 0. The zero-order valence-electron chi connectivity index (χ0n) is 6.24. The maximum Gasteiger partial charge on any atom is 2.00 e. The third-order valence-electron chi connectivity index (χ3n) is 0. The largest absolute Gasteiger partial charge is 2.00 e. The third kappa shape index (κ3) is 917. The van der Waals surface area contributed by atoms with Crippen LogP contribution in [0.3, 0.4) is 0 Å². The Balaban J connectivity index is -0.0000000267. The molecule has 0 saturated carbocycles. The van der Waals surface area contributed by atoms with E-state index in [1.807, 2.05) is 0 Å². The van der Waals surface area contributed by atoms with Crippen molar-refractivity contribution < 1.29 is 82.9 Å². The Hall–Kier alpha value is 1.37. The molecule has 0 aliphatic carbocycles. The summed E-state index contributed by atoms with van der Waals surface area (Å²) in [7, 11) is -10.2. The van der Waals surface area contributed by atoms with E-state index in [1.165, 1.54) is 0 Å². The van der Waals surface area contributed by atoms with E-state index < -0.39 is 16.9 Å². The van der Waals surface area contributed by atoms with Crippen molar-refractivity contribution in [3.63, 3.8) is 0 Å². The Morgan fingerprint density at radius 3 is 0.923 bits per heavy atom. The average molecular weight is 339 g/mol. The first-order valence-corrected chi connectivity index (χ1v) is 4.80. The summed E-state index contributed by atoms with van der Waals surface area (Å²) in [5, 5.41) is 0. The first kappa shape index (κ1) is 29.3. The predicted molar refractivity (Wildman–Crippen MR) is 23.6 cm³/mol. The minimum absolute atomic E-state index is 0. The van der Waals surface area contributed by atoms with Crippen LogP contribution >= 0.6 is 7.82 Å². The van der Waals surface area contributed by atoms with E-state index in [9.17, 15) is 0 Å². The topological polar surface area (TPSA) is 202 Å². The van der Waals surface area contributed by atoms with Gasteiger partial charge in [0.15, 0.2) is 0 Å². The fourth-order valence-corrected chi connectivity index (χ4v) is 0. The smallest absolute Gasteiger partial charge is 0.894 e. The Morgan fingerprint density at radius 2 is 0.923 bits per heavy atom. The molecule has 5 N–H and O–H groups in total. The second kappa shape index (κ2) is 11.4. The molecule has 9 nitrogen and oxygen atoms in total. The molecule has 0 aromatic heterocycles. The van der Waals surface area contributed by atoms with Crippen molar-refractivity contribution in [2.45, 2.75) is 0 Å². The molecule has 0 heterocycles. The van der Waals surface area contributed by atoms with Gasteiger partial charge in [-0.15, -0.1) is 0 Å². The van der Waals surface area contributed by atoms with Gasteiger partial charge in [-0.2, -0.15) is 0 Å². The molecular weight excluding hydrogens is 334 g/mol. The molecule has 0 bridgehead atoms. The van der Waals surface area contributed by atoms with Gasteiger partial charge in [0.2, 0.25) is 0 Å². The summed E-state index contributed by atoms with van der Waals surface area (Å²) < 4.78 is 8.88. The average Bonchev–Trinajstić information content (AvgIpc) is 1.12. The van der Waals surface area contributed by atoms with Crippen LogP contribution in [0.25, 0.3) is 0 Å². The van der Waals surface area contributed by atoms with Crippen LogP contribution in [0.4, 0.5) is 0 Å². The normalized spacial score (nSPS) is 9.15. The molecule has 0 aromatic carbocycles. The van der Waals surface area contributed by atoms with Crippen molar-refractivity contribution in [2.24, 2.45) is 0 Å². The monoisotopic (exact) mass is 336 g/mol. The van der Waals surface area contributed by atoms with Crippen molar-refractivity contribution in [3.05, 3.63) is 0 Å². The molecule has 0 spiro atoms. The number of hydrogen-bond acceptors (Lipinski definition) is 5. The fraction of sp³-hybridized carbons (Fsp3) is 0. The molecule has 0 unspecified atom stereocenters. The number of rotatable bonds is 0. The van der Waals surface area contributed by atoms with Gasteiger partial charge in [-0.25, -0.2) is 4.57 Å². The molecule has 0 rings (SSSR count). The van der Waals surface area contributed by atoms with Crippen LogP contribution < -0.4 is 19.2 Å². The summed E-state index contributed by atoms with van der Waals surface area (Å²) >= 11 is 0. The van der Waals surface area contributed by atoms with Crippen LogP contribution in [0.15, 0.2) is 0 Å². The molecule has 13 heteroatoms. The van der Waals surface area contributed by atoms with Crippen LogP contribution in [0.2, 0.25) is 0 Å². The summed E-state index contributed by atoms with van der Waals surface area (Å²) in [6.45, 7) is 0. The molecule has 0 amide bonds. The second-order valence-corrected chi connectivity index (χ2v) is 3.04. The zero-order valence-corrected chi connectivity index (χ0v) is 14.1. The van der Waals surface area contributed by atoms with E-state index in [1.54, 1.807) is 0 Å².